The van der Waals surface area contributed by atoms with Crippen molar-refractivity contribution in [2.75, 3.05) is 31.1 Å². The van der Waals surface area contributed by atoms with Crippen molar-refractivity contribution in [3.63, 3.8) is 0 Å². The summed E-state index contributed by atoms with van der Waals surface area (Å²) < 4.78 is 2.07. The first kappa shape index (κ1) is 23.1. The van der Waals surface area contributed by atoms with E-state index in [0.717, 1.165) is 80.3 Å². The van der Waals surface area contributed by atoms with Crippen LogP contribution < -0.4 is 10.6 Å². The average Bonchev–Trinajstić information content (AvgIpc) is 3.41. The number of fused-ring (bicyclic) bond motifs is 1. The first-order valence-corrected chi connectivity index (χ1v) is 13.1. The Labute approximate surface area is 215 Å². The van der Waals surface area contributed by atoms with E-state index < -0.39 is 0 Å². The van der Waals surface area contributed by atoms with Crippen LogP contribution in [0.5, 0.6) is 0 Å². The van der Waals surface area contributed by atoms with Crippen LogP contribution in [0.2, 0.25) is 10.0 Å². The average molecular weight is 510 g/mol. The van der Waals surface area contributed by atoms with Gasteiger partial charge in [-0.1, -0.05) is 35.3 Å². The minimum atomic E-state index is 0.177. The Morgan fingerprint density at radius 2 is 1.97 bits per heavy atom. The quantitative estimate of drug-likeness (QED) is 0.557. The van der Waals surface area contributed by atoms with Gasteiger partial charge in [0.25, 0.3) is 0 Å². The molecule has 182 valence electrons. The SMILES string of the molecule is Cc1nc(N2CCC3(CC2)CC(N2CC(C#N)C2)C[C@H]3N)n2ccnc2c1-c1cccc(Cl)c1Cl. The van der Waals surface area contributed by atoms with Crippen LogP contribution in [0.25, 0.3) is 16.8 Å². The number of halogens is 2. The van der Waals surface area contributed by atoms with Gasteiger partial charge in [0.05, 0.1) is 27.7 Å². The highest BCUT2D eigenvalue weighted by Crippen LogP contribution is 2.48. The first-order chi connectivity index (χ1) is 16.9. The zero-order chi connectivity index (χ0) is 24.3. The maximum absolute atomic E-state index is 9.13. The van der Waals surface area contributed by atoms with E-state index >= 15 is 0 Å². The molecule has 3 fully saturated rings. The molecule has 1 aromatic carbocycles. The van der Waals surface area contributed by atoms with Gasteiger partial charge in [0.1, 0.15) is 5.65 Å². The lowest BCUT2D eigenvalue weighted by Crippen LogP contribution is -2.51. The highest BCUT2D eigenvalue weighted by molar-refractivity contribution is 6.43. The number of anilines is 1. The van der Waals surface area contributed by atoms with Crippen LogP contribution in [0.15, 0.2) is 30.6 Å². The van der Waals surface area contributed by atoms with Gasteiger partial charge in [-0.3, -0.25) is 9.30 Å². The molecule has 2 aliphatic heterocycles. The number of piperidine rings is 1. The molecule has 4 heterocycles. The highest BCUT2D eigenvalue weighted by atomic mass is 35.5. The second kappa shape index (κ2) is 8.63. The maximum Gasteiger partial charge on any atom is 0.211 e. The number of aromatic nitrogens is 3. The molecule has 2 saturated heterocycles. The lowest BCUT2D eigenvalue weighted by atomic mass is 9.74. The van der Waals surface area contributed by atoms with Gasteiger partial charge in [0.2, 0.25) is 5.95 Å². The molecule has 0 radical (unpaired) electrons. The van der Waals surface area contributed by atoms with E-state index in [1.165, 1.54) is 0 Å². The molecule has 7 nitrogen and oxygen atoms in total. The fourth-order valence-electron chi connectivity index (χ4n) is 6.45. The third-order valence-corrected chi connectivity index (χ3v) is 9.35. The fraction of sp³-hybridized carbons (Fsp3) is 0.500. The molecule has 2 atom stereocenters. The molecular weight excluding hydrogens is 481 g/mol. The summed E-state index contributed by atoms with van der Waals surface area (Å²) in [5.41, 5.74) is 10.4. The Balaban J connectivity index is 1.25. The molecule has 2 aromatic heterocycles. The number of imidazole rings is 1. The van der Waals surface area contributed by atoms with E-state index in [0.29, 0.717) is 16.1 Å². The van der Waals surface area contributed by atoms with Crippen LogP contribution in [0.3, 0.4) is 0 Å². The van der Waals surface area contributed by atoms with Gasteiger partial charge in [-0.05, 0) is 44.1 Å². The number of likely N-dealkylation sites (tertiary alicyclic amines) is 1. The normalized spacial score (nSPS) is 24.7. The van der Waals surface area contributed by atoms with Crippen molar-refractivity contribution < 1.29 is 0 Å². The Morgan fingerprint density at radius 3 is 2.71 bits per heavy atom. The molecule has 1 unspecified atom stereocenters. The Hall–Kier alpha value is -2.37. The number of nitriles is 1. The molecular formula is C26H29Cl2N7. The van der Waals surface area contributed by atoms with Crippen molar-refractivity contribution in [3.8, 4) is 17.2 Å². The molecule has 9 heteroatoms. The second-order valence-electron chi connectivity index (χ2n) is 10.4. The number of rotatable bonds is 3. The van der Waals surface area contributed by atoms with Crippen molar-refractivity contribution in [2.24, 2.45) is 17.1 Å². The molecule has 3 aromatic rings. The van der Waals surface area contributed by atoms with E-state index in [-0.39, 0.29) is 17.4 Å². The van der Waals surface area contributed by atoms with Crippen molar-refractivity contribution >= 4 is 34.8 Å². The van der Waals surface area contributed by atoms with Crippen molar-refractivity contribution in [2.45, 2.75) is 44.7 Å². The van der Waals surface area contributed by atoms with Gasteiger partial charge in [0.15, 0.2) is 0 Å². The van der Waals surface area contributed by atoms with Crippen LogP contribution in [0.4, 0.5) is 5.95 Å². The summed E-state index contributed by atoms with van der Waals surface area (Å²) in [5.74, 6) is 1.11. The van der Waals surface area contributed by atoms with Gasteiger partial charge in [-0.15, -0.1) is 0 Å². The number of benzene rings is 1. The molecule has 0 amide bonds. The minimum Gasteiger partial charge on any atom is -0.342 e. The summed E-state index contributed by atoms with van der Waals surface area (Å²) in [5, 5.41) is 10.2. The third kappa shape index (κ3) is 3.70. The fourth-order valence-corrected chi connectivity index (χ4v) is 6.85. The van der Waals surface area contributed by atoms with Gasteiger partial charge >= 0.3 is 0 Å². The first-order valence-electron chi connectivity index (χ1n) is 12.3. The lowest BCUT2D eigenvalue weighted by Gasteiger charge is -2.44. The zero-order valence-electron chi connectivity index (χ0n) is 19.8. The van der Waals surface area contributed by atoms with E-state index in [1.54, 1.807) is 6.07 Å². The van der Waals surface area contributed by atoms with Crippen molar-refractivity contribution in [3.05, 3.63) is 46.3 Å². The predicted octanol–water partition coefficient (Wildman–Crippen LogP) is 4.54. The van der Waals surface area contributed by atoms with Crippen LogP contribution >= 0.6 is 23.2 Å². The topological polar surface area (TPSA) is 86.5 Å². The molecule has 2 N–H and O–H groups in total. The van der Waals surface area contributed by atoms with Crippen LogP contribution in [0, 0.1) is 29.6 Å². The minimum absolute atomic E-state index is 0.177. The van der Waals surface area contributed by atoms with Crippen molar-refractivity contribution in [1.29, 1.82) is 5.26 Å². The number of hydrogen-bond donors (Lipinski definition) is 1. The van der Waals surface area contributed by atoms with Gasteiger partial charge in [-0.25, -0.2) is 9.97 Å². The summed E-state index contributed by atoms with van der Waals surface area (Å²) in [7, 11) is 0. The lowest BCUT2D eigenvalue weighted by molar-refractivity contribution is 0.0721. The number of hydrogen-bond acceptors (Lipinski definition) is 6. The summed E-state index contributed by atoms with van der Waals surface area (Å²) >= 11 is 12.9. The monoisotopic (exact) mass is 509 g/mol. The Morgan fingerprint density at radius 1 is 1.20 bits per heavy atom. The predicted molar refractivity (Wildman–Crippen MR) is 139 cm³/mol. The summed E-state index contributed by atoms with van der Waals surface area (Å²) in [4.78, 5) is 14.5. The second-order valence-corrected chi connectivity index (χ2v) is 11.2. The summed E-state index contributed by atoms with van der Waals surface area (Å²) in [6, 6.07) is 8.78. The highest BCUT2D eigenvalue weighted by Gasteiger charge is 2.50. The standard InChI is InChI=1S/C26H29Cl2N7/c1-16-22(19-3-2-4-20(27)23(19)28)24-31-7-10-35(24)25(32-16)33-8-5-26(6-9-33)12-18(11-21(26)30)34-14-17(13-29)15-34/h2-4,7,10,17-18,21H,5-6,8-9,11-12,14-15,30H2,1H3/t18?,21-/m1/s1. The zero-order valence-corrected chi connectivity index (χ0v) is 21.3. The Kier molecular flexibility index (Phi) is 5.69. The molecule has 1 saturated carbocycles. The van der Waals surface area contributed by atoms with Crippen molar-refractivity contribution in [1.82, 2.24) is 19.3 Å². The number of nitrogens with zero attached hydrogens (tertiary/aromatic N) is 6. The number of nitrogens with two attached hydrogens (primary N) is 1. The largest absolute Gasteiger partial charge is 0.342 e. The van der Waals surface area contributed by atoms with E-state index in [4.69, 9.17) is 39.2 Å². The van der Waals surface area contributed by atoms with Crippen LogP contribution in [-0.4, -0.2) is 57.5 Å². The molecule has 1 spiro atoms. The molecule has 1 aliphatic carbocycles. The number of aryl methyl sites for hydroxylation is 1. The smallest absolute Gasteiger partial charge is 0.211 e. The molecule has 35 heavy (non-hydrogen) atoms. The van der Waals surface area contributed by atoms with Gasteiger partial charge in [-0.2, -0.15) is 5.26 Å². The maximum atomic E-state index is 9.13. The van der Waals surface area contributed by atoms with E-state index in [2.05, 4.69) is 25.3 Å². The summed E-state index contributed by atoms with van der Waals surface area (Å²) in [6.07, 6.45) is 8.07. The van der Waals surface area contributed by atoms with Gasteiger partial charge in [0, 0.05) is 61.8 Å². The third-order valence-electron chi connectivity index (χ3n) is 8.54. The summed E-state index contributed by atoms with van der Waals surface area (Å²) in [6.45, 7) is 5.65. The van der Waals surface area contributed by atoms with Gasteiger partial charge < -0.3 is 10.6 Å². The van der Waals surface area contributed by atoms with E-state index in [1.807, 2.05) is 31.5 Å². The molecule has 6 rings (SSSR count). The van der Waals surface area contributed by atoms with E-state index in [9.17, 15) is 0 Å². The Bertz CT molecular complexity index is 1320. The molecule has 3 aliphatic rings. The van der Waals surface area contributed by atoms with Crippen LogP contribution in [-0.2, 0) is 0 Å². The molecule has 0 bridgehead atoms. The van der Waals surface area contributed by atoms with Crippen LogP contribution in [0.1, 0.15) is 31.4 Å².